The molecule has 0 unspecified atom stereocenters. The maximum Gasteiger partial charge on any atom is 0.132 e. The van der Waals surface area contributed by atoms with Gasteiger partial charge in [-0.3, -0.25) is 0 Å². The van der Waals surface area contributed by atoms with E-state index in [1.54, 1.807) is 7.11 Å². The molecule has 0 saturated carbocycles. The highest BCUT2D eigenvalue weighted by atomic mass is 127. The van der Waals surface area contributed by atoms with Gasteiger partial charge in [0.05, 0.1) is 10.7 Å². The Kier molecular flexibility index (Phi) is 4.31. The molecule has 0 aromatic heterocycles. The van der Waals surface area contributed by atoms with Gasteiger partial charge in [0.2, 0.25) is 0 Å². The summed E-state index contributed by atoms with van der Waals surface area (Å²) in [6.45, 7) is 4.63. The number of rotatable bonds is 2. The minimum absolute atomic E-state index is 0.706. The van der Waals surface area contributed by atoms with Crippen LogP contribution in [0.4, 0.5) is 0 Å². The van der Waals surface area contributed by atoms with Crippen LogP contribution in [0.2, 0.25) is 0 Å². The average Bonchev–Trinajstić information content (AvgIpc) is 2.31. The molecule has 0 atom stereocenters. The Morgan fingerprint density at radius 3 is 2.53 bits per heavy atom. The van der Waals surface area contributed by atoms with Gasteiger partial charge in [-0.25, -0.2) is 0 Å². The van der Waals surface area contributed by atoms with Gasteiger partial charge in [0.25, 0.3) is 0 Å². The molecule has 1 heterocycles. The molecular formula is C14H20INO. The van der Waals surface area contributed by atoms with Crippen molar-refractivity contribution >= 4 is 22.6 Å². The third-order valence-corrected chi connectivity index (χ3v) is 4.54. The van der Waals surface area contributed by atoms with Gasteiger partial charge in [-0.15, -0.1) is 0 Å². The summed E-state index contributed by atoms with van der Waals surface area (Å²) in [5.41, 5.74) is 2.89. The summed E-state index contributed by atoms with van der Waals surface area (Å²) >= 11 is 2.34. The van der Waals surface area contributed by atoms with Gasteiger partial charge < -0.3 is 9.64 Å². The van der Waals surface area contributed by atoms with Crippen LogP contribution in [0.25, 0.3) is 0 Å². The number of likely N-dealkylation sites (tertiary alicyclic amines) is 1. The van der Waals surface area contributed by atoms with Gasteiger partial charge in [-0.1, -0.05) is 0 Å². The van der Waals surface area contributed by atoms with Crippen molar-refractivity contribution in [2.45, 2.75) is 25.7 Å². The number of halogens is 1. The largest absolute Gasteiger partial charge is 0.496 e. The number of hydrogen-bond donors (Lipinski definition) is 0. The molecule has 94 valence electrons. The smallest absolute Gasteiger partial charge is 0.132 e. The zero-order valence-electron chi connectivity index (χ0n) is 10.8. The van der Waals surface area contributed by atoms with E-state index >= 15 is 0 Å². The van der Waals surface area contributed by atoms with Crippen molar-refractivity contribution in [3.63, 3.8) is 0 Å². The zero-order valence-corrected chi connectivity index (χ0v) is 13.0. The summed E-state index contributed by atoms with van der Waals surface area (Å²) in [6.07, 6.45) is 2.53. The number of aryl methyl sites for hydroxylation is 1. The maximum atomic E-state index is 5.43. The van der Waals surface area contributed by atoms with Gasteiger partial charge >= 0.3 is 0 Å². The second-order valence-corrected chi connectivity index (χ2v) is 6.08. The van der Waals surface area contributed by atoms with E-state index in [0.29, 0.717) is 5.92 Å². The lowest BCUT2D eigenvalue weighted by molar-refractivity contribution is 0.255. The third kappa shape index (κ3) is 2.94. The first-order chi connectivity index (χ1) is 8.11. The first-order valence-electron chi connectivity index (χ1n) is 6.14. The molecule has 1 aliphatic rings. The van der Waals surface area contributed by atoms with Gasteiger partial charge in [0.15, 0.2) is 0 Å². The van der Waals surface area contributed by atoms with Crippen LogP contribution in [-0.2, 0) is 0 Å². The Hall–Kier alpha value is -0.290. The van der Waals surface area contributed by atoms with E-state index in [1.165, 1.54) is 40.6 Å². The first kappa shape index (κ1) is 13.1. The molecule has 0 aliphatic carbocycles. The molecule has 1 aromatic rings. The van der Waals surface area contributed by atoms with Gasteiger partial charge in [0.1, 0.15) is 5.75 Å². The lowest BCUT2D eigenvalue weighted by Gasteiger charge is -2.30. The Labute approximate surface area is 117 Å². The summed E-state index contributed by atoms with van der Waals surface area (Å²) in [5, 5.41) is 0. The van der Waals surface area contributed by atoms with Crippen molar-refractivity contribution in [3.05, 3.63) is 26.8 Å². The molecular weight excluding hydrogens is 325 g/mol. The molecule has 0 bridgehead atoms. The monoisotopic (exact) mass is 345 g/mol. The second kappa shape index (κ2) is 5.57. The van der Waals surface area contributed by atoms with E-state index < -0.39 is 0 Å². The molecule has 0 spiro atoms. The van der Waals surface area contributed by atoms with Crippen molar-refractivity contribution in [1.29, 1.82) is 0 Å². The average molecular weight is 345 g/mol. The van der Waals surface area contributed by atoms with Crippen molar-refractivity contribution < 1.29 is 4.74 Å². The third-order valence-electron chi connectivity index (χ3n) is 3.70. The quantitative estimate of drug-likeness (QED) is 0.762. The van der Waals surface area contributed by atoms with Crippen LogP contribution >= 0.6 is 22.6 Å². The number of methoxy groups -OCH3 is 1. The van der Waals surface area contributed by atoms with Crippen LogP contribution in [0.1, 0.15) is 29.9 Å². The SMILES string of the molecule is COc1cc(C2CCN(C)CC2)c(C)cc1I. The summed E-state index contributed by atoms with van der Waals surface area (Å²) < 4.78 is 6.64. The van der Waals surface area contributed by atoms with Crippen molar-refractivity contribution in [3.8, 4) is 5.75 Å². The van der Waals surface area contributed by atoms with E-state index in [9.17, 15) is 0 Å². The molecule has 1 aromatic carbocycles. The molecule has 3 heteroatoms. The Balaban J connectivity index is 2.25. The van der Waals surface area contributed by atoms with Crippen LogP contribution in [0.15, 0.2) is 12.1 Å². The molecule has 1 saturated heterocycles. The van der Waals surface area contributed by atoms with Crippen LogP contribution in [-0.4, -0.2) is 32.1 Å². The van der Waals surface area contributed by atoms with Crippen molar-refractivity contribution in [1.82, 2.24) is 4.90 Å². The van der Waals surface area contributed by atoms with Crippen LogP contribution < -0.4 is 4.74 Å². The molecule has 17 heavy (non-hydrogen) atoms. The van der Waals surface area contributed by atoms with Crippen molar-refractivity contribution in [2.24, 2.45) is 0 Å². The van der Waals surface area contributed by atoms with E-state index in [1.807, 2.05) is 0 Å². The summed E-state index contributed by atoms with van der Waals surface area (Å²) in [6, 6.07) is 4.49. The van der Waals surface area contributed by atoms with Crippen LogP contribution in [0, 0.1) is 10.5 Å². The molecule has 2 nitrogen and oxygen atoms in total. The van der Waals surface area contributed by atoms with Gasteiger partial charge in [-0.2, -0.15) is 0 Å². The molecule has 1 fully saturated rings. The highest BCUT2D eigenvalue weighted by Crippen LogP contribution is 2.34. The highest BCUT2D eigenvalue weighted by Gasteiger charge is 2.20. The highest BCUT2D eigenvalue weighted by molar-refractivity contribution is 14.1. The number of benzene rings is 1. The Morgan fingerprint density at radius 2 is 1.94 bits per heavy atom. The molecule has 2 rings (SSSR count). The Morgan fingerprint density at radius 1 is 1.29 bits per heavy atom. The van der Waals surface area contributed by atoms with Crippen LogP contribution in [0.3, 0.4) is 0 Å². The fourth-order valence-corrected chi connectivity index (χ4v) is 3.43. The molecule has 0 radical (unpaired) electrons. The zero-order chi connectivity index (χ0) is 12.4. The van der Waals surface area contributed by atoms with E-state index in [0.717, 1.165) is 5.75 Å². The predicted octanol–water partition coefficient (Wildman–Crippen LogP) is 3.42. The number of piperidine rings is 1. The minimum atomic E-state index is 0.706. The second-order valence-electron chi connectivity index (χ2n) is 4.92. The molecule has 0 N–H and O–H groups in total. The van der Waals surface area contributed by atoms with E-state index in [4.69, 9.17) is 4.74 Å². The van der Waals surface area contributed by atoms with Crippen LogP contribution in [0.5, 0.6) is 5.75 Å². The number of nitrogens with zero attached hydrogens (tertiary/aromatic N) is 1. The molecule has 0 amide bonds. The predicted molar refractivity (Wildman–Crippen MR) is 79.9 cm³/mol. The summed E-state index contributed by atoms with van der Waals surface area (Å²) in [7, 11) is 3.96. The van der Waals surface area contributed by atoms with Gasteiger partial charge in [0, 0.05) is 0 Å². The first-order valence-corrected chi connectivity index (χ1v) is 7.22. The lowest BCUT2D eigenvalue weighted by Crippen LogP contribution is -2.29. The standard InChI is InChI=1S/C14H20INO/c1-10-8-13(15)14(17-3)9-12(10)11-4-6-16(2)7-5-11/h8-9,11H,4-7H2,1-3H3. The number of hydrogen-bond acceptors (Lipinski definition) is 2. The number of ether oxygens (including phenoxy) is 1. The fourth-order valence-electron chi connectivity index (χ4n) is 2.58. The summed E-state index contributed by atoms with van der Waals surface area (Å²) in [4.78, 5) is 2.41. The van der Waals surface area contributed by atoms with E-state index in [2.05, 4.69) is 53.6 Å². The summed E-state index contributed by atoms with van der Waals surface area (Å²) in [5.74, 6) is 1.72. The molecule has 1 aliphatic heterocycles. The van der Waals surface area contributed by atoms with Crippen molar-refractivity contribution in [2.75, 3.05) is 27.2 Å². The Bertz CT molecular complexity index is 397. The normalized spacial score (nSPS) is 18.4. The lowest BCUT2D eigenvalue weighted by atomic mass is 9.87. The minimum Gasteiger partial charge on any atom is -0.496 e. The topological polar surface area (TPSA) is 12.5 Å². The fraction of sp³-hybridized carbons (Fsp3) is 0.571. The van der Waals surface area contributed by atoms with Gasteiger partial charge in [-0.05, 0) is 91.7 Å². The maximum absolute atomic E-state index is 5.43. The van der Waals surface area contributed by atoms with E-state index in [-0.39, 0.29) is 0 Å².